The van der Waals surface area contributed by atoms with E-state index < -0.39 is 0 Å². The molecule has 1 aliphatic rings. The number of aromatic nitrogens is 1. The molecule has 0 bridgehead atoms. The molecule has 4 rings (SSSR count). The Balaban J connectivity index is 1.35. The summed E-state index contributed by atoms with van der Waals surface area (Å²) >= 11 is 0. The summed E-state index contributed by atoms with van der Waals surface area (Å²) in [5.41, 5.74) is 2.82. The molecule has 1 fully saturated rings. The molecule has 0 aliphatic carbocycles. The van der Waals surface area contributed by atoms with Crippen LogP contribution in [0.4, 0.5) is 0 Å². The number of likely N-dealkylation sites (tertiary alicyclic amines) is 1. The highest BCUT2D eigenvalue weighted by Crippen LogP contribution is 2.34. The number of para-hydroxylation sites is 2. The Bertz CT molecular complexity index is 876. The molecule has 3 heteroatoms. The predicted molar refractivity (Wildman–Crippen MR) is 111 cm³/mol. The smallest absolute Gasteiger partial charge is 0.127 e. The molecular formula is C24H27N2O. The van der Waals surface area contributed by atoms with Crippen molar-refractivity contribution < 1.29 is 4.74 Å². The molecular weight excluding hydrogens is 332 g/mol. The Morgan fingerprint density at radius 3 is 2.70 bits per heavy atom. The average molecular weight is 359 g/mol. The summed E-state index contributed by atoms with van der Waals surface area (Å²) in [6.07, 6.45) is 6.74. The van der Waals surface area contributed by atoms with Gasteiger partial charge < -0.3 is 9.30 Å². The van der Waals surface area contributed by atoms with Crippen LogP contribution in [0.2, 0.25) is 0 Å². The molecule has 2 aromatic carbocycles. The third-order valence-corrected chi connectivity index (χ3v) is 5.52. The van der Waals surface area contributed by atoms with Crippen LogP contribution in [0.25, 0.3) is 10.9 Å². The van der Waals surface area contributed by atoms with Crippen molar-refractivity contribution in [1.82, 2.24) is 9.47 Å². The Hall–Kier alpha value is -2.52. The summed E-state index contributed by atoms with van der Waals surface area (Å²) in [5.74, 6) is 1.48. The number of fused-ring (bicyclic) bond motifs is 1. The van der Waals surface area contributed by atoms with E-state index in [9.17, 15) is 0 Å². The molecule has 0 N–H and O–H groups in total. The summed E-state index contributed by atoms with van der Waals surface area (Å²) < 4.78 is 8.13. The second kappa shape index (κ2) is 8.45. The minimum absolute atomic E-state index is 0.639. The zero-order valence-electron chi connectivity index (χ0n) is 15.8. The van der Waals surface area contributed by atoms with Crippen LogP contribution in [0.3, 0.4) is 0 Å². The van der Waals surface area contributed by atoms with E-state index in [-0.39, 0.29) is 0 Å². The highest BCUT2D eigenvalue weighted by atomic mass is 16.5. The van der Waals surface area contributed by atoms with Crippen LogP contribution in [0, 0.1) is 6.07 Å². The van der Waals surface area contributed by atoms with Crippen molar-refractivity contribution in [2.45, 2.75) is 25.3 Å². The van der Waals surface area contributed by atoms with Gasteiger partial charge in [-0.3, -0.25) is 4.90 Å². The number of ether oxygens (including phenoxy) is 1. The molecule has 0 amide bonds. The number of allylic oxidation sites excluding steroid dienone is 1. The predicted octanol–water partition coefficient (Wildman–Crippen LogP) is 4.89. The Morgan fingerprint density at radius 2 is 1.93 bits per heavy atom. The second-order valence-corrected chi connectivity index (χ2v) is 7.23. The van der Waals surface area contributed by atoms with Crippen molar-refractivity contribution in [2.24, 2.45) is 0 Å². The van der Waals surface area contributed by atoms with Crippen LogP contribution in [0.1, 0.15) is 24.3 Å². The van der Waals surface area contributed by atoms with Crippen molar-refractivity contribution in [2.75, 3.05) is 26.2 Å². The Morgan fingerprint density at radius 1 is 1.11 bits per heavy atom. The van der Waals surface area contributed by atoms with Crippen molar-refractivity contribution in [1.29, 1.82) is 0 Å². The maximum atomic E-state index is 5.80. The molecule has 0 spiro atoms. The zero-order valence-corrected chi connectivity index (χ0v) is 15.8. The SMILES string of the molecule is C=CCn1cc(C2CCN(CCOc3[c]cccc3)CC2)c2ccccc21. The van der Waals surface area contributed by atoms with E-state index in [0.717, 1.165) is 38.5 Å². The second-order valence-electron chi connectivity index (χ2n) is 7.23. The molecule has 27 heavy (non-hydrogen) atoms. The van der Waals surface area contributed by atoms with E-state index in [4.69, 9.17) is 4.74 Å². The van der Waals surface area contributed by atoms with Crippen LogP contribution in [-0.4, -0.2) is 35.7 Å². The van der Waals surface area contributed by atoms with Gasteiger partial charge >= 0.3 is 0 Å². The number of hydrogen-bond acceptors (Lipinski definition) is 2. The van der Waals surface area contributed by atoms with Gasteiger partial charge in [0.1, 0.15) is 12.4 Å². The van der Waals surface area contributed by atoms with Crippen LogP contribution < -0.4 is 4.74 Å². The maximum Gasteiger partial charge on any atom is 0.127 e. The number of nitrogens with zero attached hydrogens (tertiary/aromatic N) is 2. The van der Waals surface area contributed by atoms with Crippen LogP contribution >= 0.6 is 0 Å². The van der Waals surface area contributed by atoms with Crippen molar-refractivity contribution in [3.63, 3.8) is 0 Å². The minimum Gasteiger partial charge on any atom is -0.492 e. The molecule has 0 unspecified atom stereocenters. The molecule has 1 radical (unpaired) electrons. The first kappa shape index (κ1) is 17.9. The summed E-state index contributed by atoms with van der Waals surface area (Å²) in [7, 11) is 0. The van der Waals surface area contributed by atoms with E-state index in [1.54, 1.807) is 0 Å². The number of hydrogen-bond donors (Lipinski definition) is 0. The van der Waals surface area contributed by atoms with E-state index in [1.807, 2.05) is 30.3 Å². The van der Waals surface area contributed by atoms with E-state index in [0.29, 0.717) is 5.92 Å². The Kier molecular flexibility index (Phi) is 5.59. The third kappa shape index (κ3) is 4.09. The summed E-state index contributed by atoms with van der Waals surface area (Å²) in [6, 6.07) is 19.7. The largest absolute Gasteiger partial charge is 0.492 e. The molecule has 0 atom stereocenters. The molecule has 139 valence electrons. The highest BCUT2D eigenvalue weighted by molar-refractivity contribution is 5.84. The lowest BCUT2D eigenvalue weighted by atomic mass is 9.89. The first-order valence-corrected chi connectivity index (χ1v) is 9.85. The summed E-state index contributed by atoms with van der Waals surface area (Å²) in [5, 5.41) is 1.40. The molecule has 3 aromatic rings. The van der Waals surface area contributed by atoms with Gasteiger partial charge in [0, 0.05) is 36.3 Å². The summed E-state index contributed by atoms with van der Waals surface area (Å²) in [4.78, 5) is 2.52. The first-order valence-electron chi connectivity index (χ1n) is 9.85. The molecule has 1 aliphatic heterocycles. The van der Waals surface area contributed by atoms with Gasteiger partial charge in [0.2, 0.25) is 0 Å². The zero-order chi connectivity index (χ0) is 18.5. The molecule has 3 nitrogen and oxygen atoms in total. The van der Waals surface area contributed by atoms with Gasteiger partial charge in [-0.2, -0.15) is 0 Å². The van der Waals surface area contributed by atoms with Crippen molar-refractivity contribution >= 4 is 10.9 Å². The van der Waals surface area contributed by atoms with E-state index in [1.165, 1.54) is 29.3 Å². The molecule has 2 heterocycles. The molecule has 1 saturated heterocycles. The fraction of sp³-hybridized carbons (Fsp3) is 0.333. The van der Waals surface area contributed by atoms with Gasteiger partial charge in [0.15, 0.2) is 0 Å². The fourth-order valence-electron chi connectivity index (χ4n) is 4.11. The van der Waals surface area contributed by atoms with E-state index in [2.05, 4.69) is 52.6 Å². The lowest BCUT2D eigenvalue weighted by Crippen LogP contribution is -2.35. The minimum atomic E-state index is 0.639. The van der Waals surface area contributed by atoms with Gasteiger partial charge in [-0.05, 0) is 49.5 Å². The van der Waals surface area contributed by atoms with Gasteiger partial charge in [-0.25, -0.2) is 0 Å². The van der Waals surface area contributed by atoms with Gasteiger partial charge in [-0.1, -0.05) is 42.5 Å². The van der Waals surface area contributed by atoms with Crippen molar-refractivity contribution in [3.05, 3.63) is 79.0 Å². The normalized spacial score (nSPS) is 15.9. The highest BCUT2D eigenvalue weighted by Gasteiger charge is 2.23. The van der Waals surface area contributed by atoms with Gasteiger partial charge in [-0.15, -0.1) is 6.58 Å². The quantitative estimate of drug-likeness (QED) is 0.559. The van der Waals surface area contributed by atoms with Gasteiger partial charge in [0.05, 0.1) is 0 Å². The van der Waals surface area contributed by atoms with Gasteiger partial charge in [0.25, 0.3) is 0 Å². The number of piperidine rings is 1. The lowest BCUT2D eigenvalue weighted by Gasteiger charge is -2.31. The number of rotatable bonds is 7. The number of benzene rings is 2. The van der Waals surface area contributed by atoms with Crippen LogP contribution in [0.5, 0.6) is 5.75 Å². The maximum absolute atomic E-state index is 5.80. The van der Waals surface area contributed by atoms with Crippen molar-refractivity contribution in [3.8, 4) is 5.75 Å². The Labute approximate surface area is 161 Å². The van der Waals surface area contributed by atoms with E-state index >= 15 is 0 Å². The third-order valence-electron chi connectivity index (χ3n) is 5.52. The summed E-state index contributed by atoms with van der Waals surface area (Å²) in [6.45, 7) is 8.74. The molecule has 1 aromatic heterocycles. The lowest BCUT2D eigenvalue weighted by molar-refractivity contribution is 0.173. The molecule has 0 saturated carbocycles. The average Bonchev–Trinajstić information content (AvgIpc) is 3.08. The topological polar surface area (TPSA) is 17.4 Å². The standard InChI is InChI=1S/C24H27N2O/c1-2-14-26-19-23(22-10-6-7-11-24(22)26)20-12-15-25(16-13-20)17-18-27-21-8-4-3-5-9-21/h2-8,10-11,19-20H,1,12-18H2. The van der Waals surface area contributed by atoms with Crippen LogP contribution in [0.15, 0.2) is 67.4 Å². The van der Waals surface area contributed by atoms with Crippen LogP contribution in [-0.2, 0) is 6.54 Å². The monoisotopic (exact) mass is 359 g/mol. The fourth-order valence-corrected chi connectivity index (χ4v) is 4.11. The first-order chi connectivity index (χ1) is 13.3.